The third kappa shape index (κ3) is 3.94. The number of rotatable bonds is 5. The van der Waals surface area contributed by atoms with Gasteiger partial charge in [0.25, 0.3) is 0 Å². The van der Waals surface area contributed by atoms with Crippen molar-refractivity contribution < 1.29 is 23.9 Å². The number of benzene rings is 2. The fourth-order valence-electron chi connectivity index (χ4n) is 3.56. The van der Waals surface area contributed by atoms with Crippen LogP contribution in [-0.2, 0) is 19.5 Å². The van der Waals surface area contributed by atoms with Crippen LogP contribution in [0.3, 0.4) is 0 Å². The standard InChI is InChI=1S/C18H21O5P/c19-24(20,21)23-22-17-11-13-18(14-12-17,15-7-3-1-4-8-15)16-9-5-2-6-10-16/h1-10,17H,11-14H2,(H2,19,20,21). The second-order valence-corrected chi connectivity index (χ2v) is 7.31. The summed E-state index contributed by atoms with van der Waals surface area (Å²) in [5.74, 6) is 0. The largest absolute Gasteiger partial charge is 0.496 e. The molecule has 1 aliphatic rings. The number of phosphoric acid groups is 1. The predicted octanol–water partition coefficient (Wildman–Crippen LogP) is 3.96. The van der Waals surface area contributed by atoms with Crippen LogP contribution >= 0.6 is 7.82 Å². The highest BCUT2D eigenvalue weighted by atomic mass is 31.2. The van der Waals surface area contributed by atoms with Gasteiger partial charge in [0.05, 0.1) is 6.10 Å². The fraction of sp³-hybridized carbons (Fsp3) is 0.333. The van der Waals surface area contributed by atoms with Crippen LogP contribution in [0.1, 0.15) is 36.8 Å². The van der Waals surface area contributed by atoms with Gasteiger partial charge in [-0.25, -0.2) is 9.45 Å². The highest BCUT2D eigenvalue weighted by Gasteiger charge is 2.39. The molecule has 0 heterocycles. The summed E-state index contributed by atoms with van der Waals surface area (Å²) >= 11 is 0. The van der Waals surface area contributed by atoms with Gasteiger partial charge in [-0.15, -0.1) is 4.67 Å². The van der Waals surface area contributed by atoms with Crippen LogP contribution in [0, 0.1) is 0 Å². The number of hydrogen-bond donors (Lipinski definition) is 2. The van der Waals surface area contributed by atoms with E-state index in [1.54, 1.807) is 0 Å². The molecule has 0 unspecified atom stereocenters. The zero-order chi connectivity index (χ0) is 17.0. The van der Waals surface area contributed by atoms with Gasteiger partial charge in [0.15, 0.2) is 0 Å². The van der Waals surface area contributed by atoms with Crippen LogP contribution in [0.4, 0.5) is 0 Å². The summed E-state index contributed by atoms with van der Waals surface area (Å²) in [6, 6.07) is 20.7. The average Bonchev–Trinajstić information content (AvgIpc) is 2.61. The summed E-state index contributed by atoms with van der Waals surface area (Å²) in [5, 5.41) is 0. The third-order valence-electron chi connectivity index (χ3n) is 4.72. The molecule has 1 aliphatic carbocycles. The van der Waals surface area contributed by atoms with Crippen molar-refractivity contribution in [2.75, 3.05) is 0 Å². The van der Waals surface area contributed by atoms with E-state index in [0.717, 1.165) is 12.8 Å². The summed E-state index contributed by atoms with van der Waals surface area (Å²) < 4.78 is 15.0. The summed E-state index contributed by atoms with van der Waals surface area (Å²) in [6.45, 7) is 0. The first-order valence-electron chi connectivity index (χ1n) is 8.01. The lowest BCUT2D eigenvalue weighted by Gasteiger charge is -2.40. The van der Waals surface area contributed by atoms with Crippen molar-refractivity contribution in [2.24, 2.45) is 0 Å². The first kappa shape index (κ1) is 17.3. The van der Waals surface area contributed by atoms with Gasteiger partial charge >= 0.3 is 7.82 Å². The minimum Gasteiger partial charge on any atom is -0.301 e. The fourth-order valence-corrected chi connectivity index (χ4v) is 3.79. The maximum atomic E-state index is 10.8. The second-order valence-electron chi connectivity index (χ2n) is 6.17. The molecule has 3 rings (SSSR count). The van der Waals surface area contributed by atoms with E-state index in [0.29, 0.717) is 12.8 Å². The quantitative estimate of drug-likeness (QED) is 0.486. The molecular formula is C18H21O5P. The molecule has 0 radical (unpaired) electrons. The predicted molar refractivity (Wildman–Crippen MR) is 90.1 cm³/mol. The molecule has 6 heteroatoms. The van der Waals surface area contributed by atoms with Gasteiger partial charge in [-0.2, -0.15) is 0 Å². The Labute approximate surface area is 141 Å². The summed E-state index contributed by atoms with van der Waals surface area (Å²) in [7, 11) is -4.60. The lowest BCUT2D eigenvalue weighted by Crippen LogP contribution is -2.35. The average molecular weight is 348 g/mol. The highest BCUT2D eigenvalue weighted by molar-refractivity contribution is 7.46. The van der Waals surface area contributed by atoms with Gasteiger partial charge in [0.1, 0.15) is 0 Å². The Bertz CT molecular complexity index is 648. The first-order valence-corrected chi connectivity index (χ1v) is 9.54. The zero-order valence-corrected chi connectivity index (χ0v) is 14.1. The minimum atomic E-state index is -4.60. The molecule has 5 nitrogen and oxygen atoms in total. The highest BCUT2D eigenvalue weighted by Crippen LogP contribution is 2.46. The molecule has 0 bridgehead atoms. The second kappa shape index (κ2) is 7.18. The lowest BCUT2D eigenvalue weighted by molar-refractivity contribution is -0.265. The van der Waals surface area contributed by atoms with Gasteiger partial charge in [-0.3, -0.25) is 0 Å². The molecule has 1 saturated carbocycles. The van der Waals surface area contributed by atoms with Gasteiger partial charge in [0.2, 0.25) is 0 Å². The smallest absolute Gasteiger partial charge is 0.301 e. The molecular weight excluding hydrogens is 327 g/mol. The van der Waals surface area contributed by atoms with Crippen LogP contribution in [-0.4, -0.2) is 15.9 Å². The van der Waals surface area contributed by atoms with E-state index in [2.05, 4.69) is 28.9 Å². The Hall–Kier alpha value is -1.49. The van der Waals surface area contributed by atoms with Crippen molar-refractivity contribution in [3.05, 3.63) is 71.8 Å². The lowest BCUT2D eigenvalue weighted by atomic mass is 9.65. The maximum absolute atomic E-state index is 10.8. The first-order chi connectivity index (χ1) is 11.5. The Morgan fingerprint density at radius 3 is 1.75 bits per heavy atom. The molecule has 2 aromatic carbocycles. The van der Waals surface area contributed by atoms with E-state index < -0.39 is 7.82 Å². The van der Waals surface area contributed by atoms with Crippen LogP contribution in [0.5, 0.6) is 0 Å². The van der Waals surface area contributed by atoms with E-state index in [9.17, 15) is 4.57 Å². The van der Waals surface area contributed by atoms with Crippen molar-refractivity contribution >= 4 is 7.82 Å². The Morgan fingerprint density at radius 2 is 1.33 bits per heavy atom. The van der Waals surface area contributed by atoms with Crippen molar-refractivity contribution in [3.63, 3.8) is 0 Å². The van der Waals surface area contributed by atoms with Crippen molar-refractivity contribution in [3.8, 4) is 0 Å². The van der Waals surface area contributed by atoms with Crippen LogP contribution in [0.25, 0.3) is 0 Å². The molecule has 128 valence electrons. The van der Waals surface area contributed by atoms with Crippen LogP contribution in [0.2, 0.25) is 0 Å². The number of hydrogen-bond acceptors (Lipinski definition) is 3. The van der Waals surface area contributed by atoms with E-state index in [-0.39, 0.29) is 11.5 Å². The monoisotopic (exact) mass is 348 g/mol. The topological polar surface area (TPSA) is 76.0 Å². The van der Waals surface area contributed by atoms with Crippen molar-refractivity contribution in [1.82, 2.24) is 0 Å². The van der Waals surface area contributed by atoms with E-state index in [4.69, 9.17) is 14.7 Å². The van der Waals surface area contributed by atoms with Gasteiger partial charge in [0, 0.05) is 5.41 Å². The zero-order valence-electron chi connectivity index (χ0n) is 13.2. The summed E-state index contributed by atoms with van der Waals surface area (Å²) in [6.07, 6.45) is 2.69. The van der Waals surface area contributed by atoms with E-state index in [1.165, 1.54) is 11.1 Å². The Kier molecular flexibility index (Phi) is 5.18. The molecule has 0 amide bonds. The van der Waals surface area contributed by atoms with E-state index in [1.807, 2.05) is 36.4 Å². The van der Waals surface area contributed by atoms with Crippen molar-refractivity contribution in [1.29, 1.82) is 0 Å². The molecule has 0 spiro atoms. The maximum Gasteiger partial charge on any atom is 0.496 e. The van der Waals surface area contributed by atoms with Gasteiger partial charge < -0.3 is 9.79 Å². The molecule has 0 aliphatic heterocycles. The van der Waals surface area contributed by atoms with Crippen LogP contribution < -0.4 is 0 Å². The molecule has 1 fully saturated rings. The Balaban J connectivity index is 1.81. The van der Waals surface area contributed by atoms with E-state index >= 15 is 0 Å². The third-order valence-corrected chi connectivity index (χ3v) is 5.00. The molecule has 2 N–H and O–H groups in total. The normalized spacial score (nSPS) is 18.4. The van der Waals surface area contributed by atoms with Gasteiger partial charge in [-0.05, 0) is 36.8 Å². The van der Waals surface area contributed by atoms with Crippen LogP contribution in [0.15, 0.2) is 60.7 Å². The summed E-state index contributed by atoms with van der Waals surface area (Å²) in [4.78, 5) is 22.5. The molecule has 0 atom stereocenters. The minimum absolute atomic E-state index is 0.107. The Morgan fingerprint density at radius 1 is 0.875 bits per heavy atom. The molecule has 0 aromatic heterocycles. The molecule has 0 saturated heterocycles. The SMILES string of the molecule is O=P(O)(O)OOC1CCC(c2ccccc2)(c2ccccc2)CC1. The van der Waals surface area contributed by atoms with Crippen molar-refractivity contribution in [2.45, 2.75) is 37.2 Å². The molecule has 24 heavy (non-hydrogen) atoms. The van der Waals surface area contributed by atoms with Gasteiger partial charge in [-0.1, -0.05) is 60.7 Å². The molecule has 2 aromatic rings. The summed E-state index contributed by atoms with van der Waals surface area (Å²) in [5.41, 5.74) is 2.40.